The zero-order valence-electron chi connectivity index (χ0n) is 15.2. The van der Waals surface area contributed by atoms with Gasteiger partial charge >= 0.3 is 5.97 Å². The molecule has 27 heavy (non-hydrogen) atoms. The number of piperazine rings is 1. The van der Waals surface area contributed by atoms with Crippen LogP contribution in [-0.2, 0) is 21.2 Å². The van der Waals surface area contributed by atoms with Crippen molar-refractivity contribution in [3.8, 4) is 0 Å². The van der Waals surface area contributed by atoms with Crippen molar-refractivity contribution >= 4 is 16.0 Å². The Morgan fingerprint density at radius 1 is 1.19 bits per heavy atom. The highest BCUT2D eigenvalue weighted by Gasteiger charge is 2.31. The third-order valence-electron chi connectivity index (χ3n) is 4.39. The van der Waals surface area contributed by atoms with Crippen LogP contribution in [-0.4, -0.2) is 67.9 Å². The maximum atomic E-state index is 12.7. The third kappa shape index (κ3) is 4.74. The van der Waals surface area contributed by atoms with Gasteiger partial charge in [0.25, 0.3) is 10.0 Å². The second-order valence-electron chi connectivity index (χ2n) is 6.16. The topological polar surface area (TPSA) is 93.0 Å². The zero-order chi connectivity index (χ0) is 19.3. The van der Waals surface area contributed by atoms with E-state index < -0.39 is 16.0 Å². The monoisotopic (exact) mass is 393 g/mol. The molecule has 0 bridgehead atoms. The van der Waals surface area contributed by atoms with Gasteiger partial charge in [-0.3, -0.25) is 4.98 Å². The molecular formula is C18H23N3O5S. The zero-order valence-corrected chi connectivity index (χ0v) is 16.0. The van der Waals surface area contributed by atoms with Crippen LogP contribution in [0.2, 0.25) is 0 Å². The number of aromatic nitrogens is 1. The average Bonchev–Trinajstić information content (AvgIpc) is 3.19. The molecule has 1 fully saturated rings. The predicted octanol–water partition coefficient (Wildman–Crippen LogP) is 1.40. The fourth-order valence-corrected chi connectivity index (χ4v) is 4.24. The number of ether oxygens (including phenoxy) is 1. The van der Waals surface area contributed by atoms with Crippen molar-refractivity contribution in [3.63, 3.8) is 0 Å². The summed E-state index contributed by atoms with van der Waals surface area (Å²) in [6, 6.07) is 8.46. The summed E-state index contributed by atoms with van der Waals surface area (Å²) in [5.74, 6) is -0.775. The van der Waals surface area contributed by atoms with Gasteiger partial charge in [0.15, 0.2) is 0 Å². The summed E-state index contributed by atoms with van der Waals surface area (Å²) >= 11 is 0. The van der Waals surface area contributed by atoms with Crippen LogP contribution < -0.4 is 0 Å². The summed E-state index contributed by atoms with van der Waals surface area (Å²) in [6.07, 6.45) is 2.60. The molecule has 0 atom stereocenters. The molecule has 9 heteroatoms. The Hall–Kier alpha value is -2.23. The van der Waals surface area contributed by atoms with Crippen LogP contribution >= 0.6 is 0 Å². The first-order valence-electron chi connectivity index (χ1n) is 8.90. The lowest BCUT2D eigenvalue weighted by Crippen LogP contribution is -2.48. The van der Waals surface area contributed by atoms with E-state index in [0.717, 1.165) is 18.7 Å². The minimum Gasteiger partial charge on any atom is -0.460 e. The van der Waals surface area contributed by atoms with Gasteiger partial charge in [0.05, 0.1) is 6.61 Å². The average molecular weight is 393 g/mol. The Morgan fingerprint density at radius 3 is 2.63 bits per heavy atom. The number of furan rings is 1. The van der Waals surface area contributed by atoms with Crippen molar-refractivity contribution in [2.45, 2.75) is 18.4 Å². The van der Waals surface area contributed by atoms with E-state index in [-0.39, 0.29) is 17.5 Å². The molecule has 0 unspecified atom stereocenters. The number of esters is 1. The number of nitrogens with zero attached hydrogens (tertiary/aromatic N) is 3. The van der Waals surface area contributed by atoms with Gasteiger partial charge in [0.1, 0.15) is 0 Å². The number of rotatable bonds is 7. The second kappa shape index (κ2) is 8.64. The molecule has 1 aliphatic rings. The van der Waals surface area contributed by atoms with Gasteiger partial charge < -0.3 is 14.1 Å². The largest absolute Gasteiger partial charge is 0.460 e. The minimum absolute atomic E-state index is 0.107. The van der Waals surface area contributed by atoms with Crippen LogP contribution in [0.15, 0.2) is 46.0 Å². The standard InChI is InChI=1S/C18H23N3O5S/c1-2-25-18(22)16-6-7-17(26-16)27(23,24)21-13-11-20(12-14-21)10-8-15-5-3-4-9-19-15/h3-7,9H,2,8,10-14H2,1H3. The van der Waals surface area contributed by atoms with Crippen LogP contribution in [0.3, 0.4) is 0 Å². The van der Waals surface area contributed by atoms with Crippen LogP contribution in [0.1, 0.15) is 23.2 Å². The van der Waals surface area contributed by atoms with Gasteiger partial charge in [-0.15, -0.1) is 0 Å². The van der Waals surface area contributed by atoms with E-state index in [1.165, 1.54) is 16.4 Å². The maximum Gasteiger partial charge on any atom is 0.374 e. The lowest BCUT2D eigenvalue weighted by molar-refractivity contribution is 0.0483. The summed E-state index contributed by atoms with van der Waals surface area (Å²) in [4.78, 5) is 18.2. The number of pyridine rings is 1. The molecule has 2 aromatic rings. The van der Waals surface area contributed by atoms with E-state index in [9.17, 15) is 13.2 Å². The van der Waals surface area contributed by atoms with Crippen molar-refractivity contribution in [3.05, 3.63) is 48.0 Å². The highest BCUT2D eigenvalue weighted by Crippen LogP contribution is 2.21. The van der Waals surface area contributed by atoms with E-state index in [2.05, 4.69) is 9.88 Å². The van der Waals surface area contributed by atoms with Gasteiger partial charge in [-0.2, -0.15) is 4.31 Å². The van der Waals surface area contributed by atoms with E-state index in [1.54, 1.807) is 13.1 Å². The molecule has 0 saturated carbocycles. The molecule has 0 aromatic carbocycles. The second-order valence-corrected chi connectivity index (χ2v) is 8.02. The SMILES string of the molecule is CCOC(=O)c1ccc(S(=O)(=O)N2CCN(CCc3ccccn3)CC2)o1. The first kappa shape index (κ1) is 19.5. The van der Waals surface area contributed by atoms with E-state index in [0.29, 0.717) is 26.2 Å². The minimum atomic E-state index is -3.76. The molecule has 0 N–H and O–H groups in total. The molecule has 1 saturated heterocycles. The molecule has 0 aliphatic carbocycles. The maximum absolute atomic E-state index is 12.7. The molecule has 146 valence electrons. The number of carbonyl (C=O) groups is 1. The first-order chi connectivity index (χ1) is 13.0. The molecule has 2 aromatic heterocycles. The summed E-state index contributed by atoms with van der Waals surface area (Å²) in [5.41, 5.74) is 1.02. The fourth-order valence-electron chi connectivity index (χ4n) is 2.91. The van der Waals surface area contributed by atoms with Crippen molar-refractivity contribution in [1.82, 2.24) is 14.2 Å². The molecule has 3 heterocycles. The van der Waals surface area contributed by atoms with Gasteiger partial charge in [0.2, 0.25) is 10.9 Å². The third-order valence-corrected chi connectivity index (χ3v) is 6.17. The predicted molar refractivity (Wildman–Crippen MR) is 97.8 cm³/mol. The number of hydrogen-bond acceptors (Lipinski definition) is 7. The van der Waals surface area contributed by atoms with Crippen LogP contribution in [0.25, 0.3) is 0 Å². The van der Waals surface area contributed by atoms with E-state index >= 15 is 0 Å². The van der Waals surface area contributed by atoms with Crippen molar-refractivity contribution in [2.75, 3.05) is 39.3 Å². The Labute approximate surface area is 158 Å². The lowest BCUT2D eigenvalue weighted by atomic mass is 10.2. The van der Waals surface area contributed by atoms with Gasteiger partial charge in [-0.1, -0.05) is 6.07 Å². The van der Waals surface area contributed by atoms with Crippen LogP contribution in [0, 0.1) is 0 Å². The number of hydrogen-bond donors (Lipinski definition) is 0. The van der Waals surface area contributed by atoms with Crippen molar-refractivity contribution in [1.29, 1.82) is 0 Å². The van der Waals surface area contributed by atoms with Crippen molar-refractivity contribution < 1.29 is 22.4 Å². The van der Waals surface area contributed by atoms with E-state index in [1.807, 2.05) is 18.2 Å². The quantitative estimate of drug-likeness (QED) is 0.657. The number of sulfonamides is 1. The Kier molecular flexibility index (Phi) is 6.25. The summed E-state index contributed by atoms with van der Waals surface area (Å²) in [5, 5.41) is -0.229. The molecule has 0 radical (unpaired) electrons. The van der Waals surface area contributed by atoms with Crippen molar-refractivity contribution in [2.24, 2.45) is 0 Å². The highest BCUT2D eigenvalue weighted by molar-refractivity contribution is 7.89. The van der Waals surface area contributed by atoms with E-state index in [4.69, 9.17) is 9.15 Å². The van der Waals surface area contributed by atoms with Crippen LogP contribution in [0.5, 0.6) is 0 Å². The summed E-state index contributed by atoms with van der Waals surface area (Å²) in [7, 11) is -3.76. The normalized spacial score (nSPS) is 16.3. The van der Waals surface area contributed by atoms with Gasteiger partial charge in [0, 0.05) is 51.0 Å². The molecule has 3 rings (SSSR count). The fraction of sp³-hybridized carbons (Fsp3) is 0.444. The molecule has 1 aliphatic heterocycles. The smallest absolute Gasteiger partial charge is 0.374 e. The van der Waals surface area contributed by atoms with Crippen LogP contribution in [0.4, 0.5) is 0 Å². The highest BCUT2D eigenvalue weighted by atomic mass is 32.2. The molecule has 0 amide bonds. The first-order valence-corrected chi connectivity index (χ1v) is 10.3. The van der Waals surface area contributed by atoms with Gasteiger partial charge in [-0.25, -0.2) is 13.2 Å². The summed E-state index contributed by atoms with van der Waals surface area (Å²) in [6.45, 7) is 4.72. The molecular weight excluding hydrogens is 370 g/mol. The number of carbonyl (C=O) groups excluding carboxylic acids is 1. The summed E-state index contributed by atoms with van der Waals surface area (Å²) < 4.78 is 36.9. The Balaban J connectivity index is 1.56. The van der Waals surface area contributed by atoms with Gasteiger partial charge in [-0.05, 0) is 31.2 Å². The Morgan fingerprint density at radius 2 is 1.96 bits per heavy atom. The molecule has 0 spiro atoms. The Bertz CT molecular complexity index is 858. The lowest BCUT2D eigenvalue weighted by Gasteiger charge is -2.33. The molecule has 8 nitrogen and oxygen atoms in total.